The highest BCUT2D eigenvalue weighted by Crippen LogP contribution is 2.44. The average Bonchev–Trinajstić information content (AvgIpc) is 3.71. The van der Waals surface area contributed by atoms with E-state index < -0.39 is 6.85 Å². The number of rotatable bonds is 5. The zero-order chi connectivity index (χ0) is 35.9. The van der Waals surface area contributed by atoms with Gasteiger partial charge in [-0.15, -0.1) is 0 Å². The molecule has 0 atom stereocenters. The molecular weight excluding hydrogens is 597 g/mol. The van der Waals surface area contributed by atoms with Crippen LogP contribution in [0.5, 0.6) is 0 Å². The zero-order valence-electron chi connectivity index (χ0n) is 31.1. The first-order valence-electron chi connectivity index (χ1n) is 18.6. The number of benzene rings is 7. The molecule has 0 N–H and O–H groups in total. The smallest absolute Gasteiger partial charge is 0.149 e. The van der Waals surface area contributed by atoms with Crippen LogP contribution in [-0.2, 0) is 0 Å². The summed E-state index contributed by atoms with van der Waals surface area (Å²) in [4.78, 5) is 5.28. The van der Waals surface area contributed by atoms with Crippen LogP contribution in [0.15, 0.2) is 132 Å². The molecule has 0 aliphatic heterocycles. The molecule has 0 aliphatic carbocycles. The van der Waals surface area contributed by atoms with Crippen molar-refractivity contribution in [2.75, 3.05) is 0 Å². The van der Waals surface area contributed by atoms with Gasteiger partial charge in [0.15, 0.2) is 0 Å². The third kappa shape index (κ3) is 4.60. The van der Waals surface area contributed by atoms with Gasteiger partial charge < -0.3 is 4.42 Å². The minimum atomic E-state index is -2.36. The van der Waals surface area contributed by atoms with E-state index in [0.29, 0.717) is 16.9 Å². The van der Waals surface area contributed by atoms with Gasteiger partial charge in [-0.25, -0.2) is 4.98 Å². The summed E-state index contributed by atoms with van der Waals surface area (Å²) in [7, 11) is 0. The van der Waals surface area contributed by atoms with Crippen molar-refractivity contribution in [1.82, 2.24) is 9.55 Å². The van der Waals surface area contributed by atoms with Gasteiger partial charge in [-0.3, -0.25) is 4.57 Å². The standard InChI is InChI=1S/C46H38N2O/c1-27(2)37-23-33(30-14-7-6-8-15-30)24-38(28(3)4)44(37)48-43-29(5)13-11-20-41(43)47-46(48)36-19-12-18-35-40-26-39-32(25-42(40)49-45(35)36)22-21-31-16-9-10-17-34(31)39/h6-28H,1-5H3/i5D3. The molecule has 0 fully saturated rings. The quantitative estimate of drug-likeness (QED) is 0.176. The van der Waals surface area contributed by atoms with Crippen LogP contribution >= 0.6 is 0 Å². The third-order valence-electron chi connectivity index (χ3n) is 10.0. The molecular formula is C46H38N2O. The van der Waals surface area contributed by atoms with Crippen molar-refractivity contribution in [3.05, 3.63) is 144 Å². The van der Waals surface area contributed by atoms with Crippen molar-refractivity contribution < 1.29 is 8.53 Å². The highest BCUT2D eigenvalue weighted by atomic mass is 16.3. The van der Waals surface area contributed by atoms with E-state index in [9.17, 15) is 0 Å². The number of aryl methyl sites for hydroxylation is 1. The van der Waals surface area contributed by atoms with Gasteiger partial charge in [0.05, 0.1) is 22.3 Å². The molecule has 0 saturated heterocycles. The molecule has 3 nitrogen and oxygen atoms in total. The second kappa shape index (κ2) is 11.2. The summed E-state index contributed by atoms with van der Waals surface area (Å²) in [5.74, 6) is 0.916. The molecule has 2 heterocycles. The lowest BCUT2D eigenvalue weighted by atomic mass is 9.88. The average molecular weight is 638 g/mol. The maximum atomic E-state index is 8.66. The third-order valence-corrected chi connectivity index (χ3v) is 10.0. The molecule has 0 amide bonds. The van der Waals surface area contributed by atoms with E-state index in [1.54, 1.807) is 12.1 Å². The summed E-state index contributed by atoms with van der Waals surface area (Å²) in [6, 6.07) is 43.8. The van der Waals surface area contributed by atoms with Crippen LogP contribution in [0.4, 0.5) is 0 Å². The number of aromatic nitrogens is 2. The number of hydrogen-bond donors (Lipinski definition) is 0. The Labute approximate surface area is 290 Å². The molecule has 7 aromatic carbocycles. The van der Waals surface area contributed by atoms with E-state index >= 15 is 0 Å². The summed E-state index contributed by atoms with van der Waals surface area (Å²) in [5, 5.41) is 6.71. The Morgan fingerprint density at radius 2 is 1.33 bits per heavy atom. The van der Waals surface area contributed by atoms with E-state index in [0.717, 1.165) is 60.8 Å². The lowest BCUT2D eigenvalue weighted by molar-refractivity contribution is 0.670. The van der Waals surface area contributed by atoms with Crippen molar-refractivity contribution in [2.45, 2.75) is 46.4 Å². The molecule has 49 heavy (non-hydrogen) atoms. The molecule has 0 saturated carbocycles. The van der Waals surface area contributed by atoms with E-state index in [1.165, 1.54) is 16.2 Å². The van der Waals surface area contributed by atoms with Crippen LogP contribution in [-0.4, -0.2) is 9.55 Å². The molecule has 0 bridgehead atoms. The van der Waals surface area contributed by atoms with Crippen molar-refractivity contribution in [1.29, 1.82) is 0 Å². The van der Waals surface area contributed by atoms with Gasteiger partial charge in [-0.2, -0.15) is 0 Å². The Bertz CT molecular complexity index is 2810. The van der Waals surface area contributed by atoms with Gasteiger partial charge in [-0.05, 0) is 104 Å². The summed E-state index contributed by atoms with van der Waals surface area (Å²) in [6.45, 7) is 6.46. The lowest BCUT2D eigenvalue weighted by Gasteiger charge is -2.24. The number of nitrogens with zero attached hydrogens (tertiary/aromatic N) is 2. The minimum absolute atomic E-state index is 0.130. The summed E-state index contributed by atoms with van der Waals surface area (Å²) < 4.78 is 34.9. The number of imidazole rings is 1. The predicted octanol–water partition coefficient (Wildman–Crippen LogP) is 13.1. The lowest BCUT2D eigenvalue weighted by Crippen LogP contribution is -2.10. The second-order valence-corrected chi connectivity index (χ2v) is 13.8. The first-order valence-corrected chi connectivity index (χ1v) is 17.1. The summed E-state index contributed by atoms with van der Waals surface area (Å²) in [6.07, 6.45) is 0. The predicted molar refractivity (Wildman–Crippen MR) is 207 cm³/mol. The largest absolute Gasteiger partial charge is 0.455 e. The van der Waals surface area contributed by atoms with E-state index in [-0.39, 0.29) is 17.4 Å². The van der Waals surface area contributed by atoms with Crippen LogP contribution < -0.4 is 0 Å². The van der Waals surface area contributed by atoms with E-state index in [4.69, 9.17) is 13.5 Å². The molecule has 0 unspecified atom stereocenters. The Morgan fingerprint density at radius 1 is 0.612 bits per heavy atom. The second-order valence-electron chi connectivity index (χ2n) is 13.8. The monoisotopic (exact) mass is 637 g/mol. The fourth-order valence-corrected chi connectivity index (χ4v) is 7.61. The normalized spacial score (nSPS) is 13.3. The van der Waals surface area contributed by atoms with Crippen LogP contribution in [0, 0.1) is 6.85 Å². The van der Waals surface area contributed by atoms with E-state index in [1.807, 2.05) is 12.1 Å². The first-order chi connectivity index (χ1) is 25.1. The molecule has 0 spiro atoms. The molecule has 238 valence electrons. The molecule has 0 radical (unpaired) electrons. The maximum absolute atomic E-state index is 8.66. The van der Waals surface area contributed by atoms with Gasteiger partial charge in [0, 0.05) is 14.9 Å². The summed E-state index contributed by atoms with van der Waals surface area (Å²) >= 11 is 0. The number of para-hydroxylation sites is 2. The Balaban J connectivity index is 1.40. The minimum Gasteiger partial charge on any atom is -0.455 e. The van der Waals surface area contributed by atoms with Crippen LogP contribution in [0.2, 0.25) is 0 Å². The molecule has 0 aliphatic rings. The molecule has 9 rings (SSSR count). The highest BCUT2D eigenvalue weighted by molar-refractivity contribution is 6.17. The van der Waals surface area contributed by atoms with Crippen molar-refractivity contribution >= 4 is 54.5 Å². The van der Waals surface area contributed by atoms with Gasteiger partial charge in [0.25, 0.3) is 0 Å². The SMILES string of the molecule is [2H]C([2H])([2H])c1cccc2nc(-c3cccc4c3oc3cc5ccc6ccccc6c5cc34)n(-c3c(C(C)C)cc(-c4ccccc4)cc3C(C)C)c12. The molecule has 3 heteroatoms. The number of furan rings is 1. The van der Waals surface area contributed by atoms with Crippen LogP contribution in [0.25, 0.3) is 82.7 Å². The Morgan fingerprint density at radius 3 is 2.10 bits per heavy atom. The van der Waals surface area contributed by atoms with Gasteiger partial charge >= 0.3 is 0 Å². The maximum Gasteiger partial charge on any atom is 0.149 e. The first kappa shape index (κ1) is 26.3. The Kier molecular flexibility index (Phi) is 6.01. The highest BCUT2D eigenvalue weighted by Gasteiger charge is 2.26. The number of hydrogen-bond acceptors (Lipinski definition) is 2. The Hall–Kier alpha value is -5.67. The van der Waals surface area contributed by atoms with Crippen LogP contribution in [0.3, 0.4) is 0 Å². The van der Waals surface area contributed by atoms with Crippen LogP contribution in [0.1, 0.15) is 60.3 Å². The topological polar surface area (TPSA) is 31.0 Å². The van der Waals surface area contributed by atoms with Crippen molar-refractivity contribution in [3.8, 4) is 28.2 Å². The van der Waals surface area contributed by atoms with Gasteiger partial charge in [-0.1, -0.05) is 119 Å². The van der Waals surface area contributed by atoms with Gasteiger partial charge in [0.2, 0.25) is 0 Å². The molecule has 2 aromatic heterocycles. The van der Waals surface area contributed by atoms with Gasteiger partial charge in [0.1, 0.15) is 17.0 Å². The van der Waals surface area contributed by atoms with Crippen molar-refractivity contribution in [3.63, 3.8) is 0 Å². The van der Waals surface area contributed by atoms with Crippen molar-refractivity contribution in [2.24, 2.45) is 0 Å². The fourth-order valence-electron chi connectivity index (χ4n) is 7.61. The fraction of sp³-hybridized carbons (Fsp3) is 0.152. The summed E-state index contributed by atoms with van der Waals surface area (Å²) in [5.41, 5.74) is 9.34. The van der Waals surface area contributed by atoms with E-state index in [2.05, 4.69) is 135 Å². The molecule has 9 aromatic rings. The zero-order valence-corrected chi connectivity index (χ0v) is 28.1. The number of fused-ring (bicyclic) bond motifs is 7.